The van der Waals surface area contributed by atoms with Gasteiger partial charge in [0.2, 0.25) is 0 Å². The highest BCUT2D eigenvalue weighted by Crippen LogP contribution is 2.06. The predicted octanol–water partition coefficient (Wildman–Crippen LogP) is 1.51. The van der Waals surface area contributed by atoms with Crippen LogP contribution < -0.4 is 0 Å². The van der Waals surface area contributed by atoms with E-state index >= 15 is 0 Å². The number of carboxylic acids is 1. The fourth-order valence-corrected chi connectivity index (χ4v) is 0.686. The van der Waals surface area contributed by atoms with Crippen LogP contribution in [0, 0.1) is 18.3 Å². The van der Waals surface area contributed by atoms with Gasteiger partial charge in [0.05, 0.1) is 0 Å². The first-order valence-corrected chi connectivity index (χ1v) is 3.41. The molecule has 0 heterocycles. The van der Waals surface area contributed by atoms with Gasteiger partial charge in [0.25, 0.3) is 0 Å². The van der Waals surface area contributed by atoms with Gasteiger partial charge in [-0.15, -0.1) is 6.42 Å². The average molecular weight is 140 g/mol. The monoisotopic (exact) mass is 140 g/mol. The predicted molar refractivity (Wildman–Crippen MR) is 39.5 cm³/mol. The van der Waals surface area contributed by atoms with E-state index in [1.165, 1.54) is 0 Å². The summed E-state index contributed by atoms with van der Waals surface area (Å²) in [4.78, 5) is 10.3. The summed E-state index contributed by atoms with van der Waals surface area (Å²) in [7, 11) is 0. The Morgan fingerprint density at radius 3 is 2.70 bits per heavy atom. The second-order valence-electron chi connectivity index (χ2n) is 2.20. The summed E-state index contributed by atoms with van der Waals surface area (Å²) < 4.78 is 0. The van der Waals surface area contributed by atoms with Crippen LogP contribution in [0.25, 0.3) is 0 Å². The molecule has 0 unspecified atom stereocenters. The molecule has 0 saturated carbocycles. The highest BCUT2D eigenvalue weighted by atomic mass is 16.4. The summed E-state index contributed by atoms with van der Waals surface area (Å²) in [6.07, 6.45) is 7.46. The molecule has 0 rings (SSSR count). The van der Waals surface area contributed by atoms with Crippen molar-refractivity contribution in [3.8, 4) is 12.3 Å². The molecule has 56 valence electrons. The van der Waals surface area contributed by atoms with E-state index in [1.54, 1.807) is 0 Å². The lowest BCUT2D eigenvalue weighted by Gasteiger charge is -2.01. The smallest absolute Gasteiger partial charge is 0.318 e. The molecule has 0 aliphatic heterocycles. The standard InChI is InChI=1S/C8H12O2/c1-3-5-6-7(4-2)8(9)10/h2,7H,3,5-6H2,1H3,(H,9,10)/t7-/m0/s1. The highest BCUT2D eigenvalue weighted by molar-refractivity contribution is 5.73. The fraction of sp³-hybridized carbons (Fsp3) is 0.625. The van der Waals surface area contributed by atoms with Crippen molar-refractivity contribution in [2.45, 2.75) is 26.2 Å². The Kier molecular flexibility index (Phi) is 4.39. The van der Waals surface area contributed by atoms with Gasteiger partial charge in [-0.2, -0.15) is 0 Å². The minimum absolute atomic E-state index is 0.583. The highest BCUT2D eigenvalue weighted by Gasteiger charge is 2.11. The van der Waals surface area contributed by atoms with E-state index < -0.39 is 11.9 Å². The molecule has 1 N–H and O–H groups in total. The van der Waals surface area contributed by atoms with E-state index in [2.05, 4.69) is 5.92 Å². The molecule has 2 nitrogen and oxygen atoms in total. The van der Waals surface area contributed by atoms with Crippen molar-refractivity contribution < 1.29 is 9.90 Å². The van der Waals surface area contributed by atoms with E-state index in [1.807, 2.05) is 6.92 Å². The molecule has 2 heteroatoms. The molecule has 0 fully saturated rings. The van der Waals surface area contributed by atoms with Crippen molar-refractivity contribution >= 4 is 5.97 Å². The quantitative estimate of drug-likeness (QED) is 0.601. The minimum atomic E-state index is -0.879. The molecule has 0 aromatic heterocycles. The van der Waals surface area contributed by atoms with Gasteiger partial charge < -0.3 is 5.11 Å². The first-order chi connectivity index (χ1) is 4.72. The van der Waals surface area contributed by atoms with Crippen LogP contribution in [0.15, 0.2) is 0 Å². The zero-order chi connectivity index (χ0) is 7.98. The summed E-state index contributed by atoms with van der Waals surface area (Å²) in [6.45, 7) is 2.01. The van der Waals surface area contributed by atoms with Crippen LogP contribution >= 0.6 is 0 Å². The summed E-state index contributed by atoms with van der Waals surface area (Å²) in [5.74, 6) is 0.775. The van der Waals surface area contributed by atoms with Crippen LogP contribution in [0.4, 0.5) is 0 Å². The van der Waals surface area contributed by atoms with Gasteiger partial charge in [0.15, 0.2) is 0 Å². The Balaban J connectivity index is 3.64. The second kappa shape index (κ2) is 4.87. The first-order valence-electron chi connectivity index (χ1n) is 3.41. The van der Waals surface area contributed by atoms with Gasteiger partial charge in [-0.05, 0) is 6.42 Å². The normalized spacial score (nSPS) is 12.0. The van der Waals surface area contributed by atoms with Crippen molar-refractivity contribution in [1.29, 1.82) is 0 Å². The van der Waals surface area contributed by atoms with E-state index in [-0.39, 0.29) is 0 Å². The Morgan fingerprint density at radius 1 is 1.80 bits per heavy atom. The maximum absolute atomic E-state index is 10.3. The molecule has 0 saturated heterocycles. The topological polar surface area (TPSA) is 37.3 Å². The zero-order valence-corrected chi connectivity index (χ0v) is 6.13. The minimum Gasteiger partial charge on any atom is -0.480 e. The number of terminal acetylenes is 1. The van der Waals surface area contributed by atoms with E-state index in [9.17, 15) is 4.79 Å². The number of unbranched alkanes of at least 4 members (excludes halogenated alkanes) is 1. The lowest BCUT2D eigenvalue weighted by Crippen LogP contribution is -2.10. The van der Waals surface area contributed by atoms with Crippen LogP contribution in [0.3, 0.4) is 0 Å². The number of hydrogen-bond donors (Lipinski definition) is 1. The number of carboxylic acid groups (broad SMARTS) is 1. The molecular weight excluding hydrogens is 128 g/mol. The van der Waals surface area contributed by atoms with Gasteiger partial charge in [-0.25, -0.2) is 0 Å². The summed E-state index contributed by atoms with van der Waals surface area (Å²) in [5.41, 5.74) is 0. The summed E-state index contributed by atoms with van der Waals surface area (Å²) in [5, 5.41) is 8.46. The van der Waals surface area contributed by atoms with Crippen molar-refractivity contribution in [3.05, 3.63) is 0 Å². The molecule has 0 spiro atoms. The van der Waals surface area contributed by atoms with Crippen LogP contribution in [0.5, 0.6) is 0 Å². The van der Waals surface area contributed by atoms with Crippen molar-refractivity contribution in [2.24, 2.45) is 5.92 Å². The Hall–Kier alpha value is -0.970. The maximum atomic E-state index is 10.3. The van der Waals surface area contributed by atoms with Gasteiger partial charge in [0.1, 0.15) is 5.92 Å². The Bertz CT molecular complexity index is 144. The number of hydrogen-bond acceptors (Lipinski definition) is 1. The molecule has 0 aliphatic carbocycles. The zero-order valence-electron chi connectivity index (χ0n) is 6.13. The number of aliphatic carboxylic acids is 1. The lowest BCUT2D eigenvalue weighted by atomic mass is 10.0. The fourth-order valence-electron chi connectivity index (χ4n) is 0.686. The molecule has 0 aliphatic rings. The molecule has 0 amide bonds. The lowest BCUT2D eigenvalue weighted by molar-refractivity contribution is -0.139. The van der Waals surface area contributed by atoms with Crippen LogP contribution in [0.1, 0.15) is 26.2 Å². The van der Waals surface area contributed by atoms with Gasteiger partial charge >= 0.3 is 5.97 Å². The number of rotatable bonds is 4. The maximum Gasteiger partial charge on any atom is 0.318 e. The molecule has 10 heavy (non-hydrogen) atoms. The SMILES string of the molecule is C#C[C@@H](CCCC)C(=O)O. The first kappa shape index (κ1) is 9.03. The third-order valence-electron chi connectivity index (χ3n) is 1.35. The molecule has 0 aromatic rings. The van der Waals surface area contributed by atoms with Gasteiger partial charge in [-0.1, -0.05) is 25.7 Å². The molecule has 0 bridgehead atoms. The van der Waals surface area contributed by atoms with Crippen molar-refractivity contribution in [1.82, 2.24) is 0 Å². The Morgan fingerprint density at radius 2 is 2.40 bits per heavy atom. The Labute approximate surface area is 61.2 Å². The second-order valence-corrected chi connectivity index (χ2v) is 2.20. The molecular formula is C8H12O2. The average Bonchev–Trinajstić information content (AvgIpc) is 1.89. The van der Waals surface area contributed by atoms with E-state index in [4.69, 9.17) is 11.5 Å². The molecule has 0 radical (unpaired) electrons. The summed E-state index contributed by atoms with van der Waals surface area (Å²) >= 11 is 0. The third-order valence-corrected chi connectivity index (χ3v) is 1.35. The van der Waals surface area contributed by atoms with Crippen molar-refractivity contribution in [2.75, 3.05) is 0 Å². The van der Waals surface area contributed by atoms with Crippen LogP contribution in [-0.4, -0.2) is 11.1 Å². The largest absolute Gasteiger partial charge is 0.480 e. The number of carbonyl (C=O) groups is 1. The van der Waals surface area contributed by atoms with Gasteiger partial charge in [0, 0.05) is 0 Å². The van der Waals surface area contributed by atoms with Crippen LogP contribution in [-0.2, 0) is 4.79 Å². The van der Waals surface area contributed by atoms with Crippen molar-refractivity contribution in [3.63, 3.8) is 0 Å². The molecule has 0 aromatic carbocycles. The third kappa shape index (κ3) is 3.13. The van der Waals surface area contributed by atoms with Crippen LogP contribution in [0.2, 0.25) is 0 Å². The van der Waals surface area contributed by atoms with Gasteiger partial charge in [-0.3, -0.25) is 4.79 Å². The van der Waals surface area contributed by atoms with E-state index in [0.717, 1.165) is 12.8 Å². The summed E-state index contributed by atoms with van der Waals surface area (Å²) in [6, 6.07) is 0. The van der Waals surface area contributed by atoms with E-state index in [0.29, 0.717) is 6.42 Å². The molecule has 1 atom stereocenters.